The molecule has 0 radical (unpaired) electrons. The predicted molar refractivity (Wildman–Crippen MR) is 94.1 cm³/mol. The lowest BCUT2D eigenvalue weighted by molar-refractivity contribution is -0.154. The van der Waals surface area contributed by atoms with Gasteiger partial charge in [-0.2, -0.15) is 0 Å². The van der Waals surface area contributed by atoms with Crippen LogP contribution in [-0.4, -0.2) is 47.1 Å². The van der Waals surface area contributed by atoms with Gasteiger partial charge < -0.3 is 19.3 Å². The molecule has 2 aliphatic heterocycles. The first-order valence-electron chi connectivity index (χ1n) is 8.96. The highest BCUT2D eigenvalue weighted by atomic mass is 16.6. The molecular weight excluding hydrogens is 336 g/mol. The zero-order chi connectivity index (χ0) is 19.2. The van der Waals surface area contributed by atoms with Crippen LogP contribution in [0.2, 0.25) is 0 Å². The third kappa shape index (κ3) is 3.12. The summed E-state index contributed by atoms with van der Waals surface area (Å²) in [6.45, 7) is 11.0. The second-order valence-corrected chi connectivity index (χ2v) is 7.55. The van der Waals surface area contributed by atoms with E-state index in [1.54, 1.807) is 26.8 Å². The fraction of sp³-hybridized carbons (Fsp3) is 0.600. The molecule has 3 rings (SSSR count). The van der Waals surface area contributed by atoms with Crippen molar-refractivity contribution in [2.24, 2.45) is 5.92 Å². The summed E-state index contributed by atoms with van der Waals surface area (Å²) < 4.78 is 17.0. The second-order valence-electron chi connectivity index (χ2n) is 7.55. The van der Waals surface area contributed by atoms with Crippen molar-refractivity contribution in [2.45, 2.75) is 70.6 Å². The first kappa shape index (κ1) is 18.9. The highest BCUT2D eigenvalue weighted by molar-refractivity contribution is 5.92. The molecule has 6 heteroatoms. The number of ether oxygens (including phenoxy) is 3. The molecule has 0 aromatic heterocycles. The van der Waals surface area contributed by atoms with Crippen LogP contribution in [-0.2, 0) is 23.8 Å². The first-order valence-corrected chi connectivity index (χ1v) is 8.96. The van der Waals surface area contributed by atoms with Gasteiger partial charge in [0.05, 0.1) is 11.5 Å². The Balaban J connectivity index is 2.01. The maximum Gasteiger partial charge on any atom is 0.334 e. The summed E-state index contributed by atoms with van der Waals surface area (Å²) in [5.41, 5.74) is 0.933. The number of aliphatic hydroxyl groups excluding tert-OH is 1. The predicted octanol–water partition coefficient (Wildman–Crippen LogP) is 2.22. The number of allylic oxidation sites excluding steroid dienone is 2. The Morgan fingerprint density at radius 1 is 1.50 bits per heavy atom. The molecule has 0 aromatic carbocycles. The molecule has 6 nitrogen and oxygen atoms in total. The maximum atomic E-state index is 12.4. The average molecular weight is 362 g/mol. The third-order valence-electron chi connectivity index (χ3n) is 5.74. The number of carbonyl (C=O) groups is 2. The van der Waals surface area contributed by atoms with E-state index in [0.717, 1.165) is 12.8 Å². The third-order valence-corrected chi connectivity index (χ3v) is 5.74. The van der Waals surface area contributed by atoms with Crippen LogP contribution in [0.1, 0.15) is 40.5 Å². The molecule has 6 unspecified atom stereocenters. The van der Waals surface area contributed by atoms with Crippen LogP contribution in [0.4, 0.5) is 0 Å². The van der Waals surface area contributed by atoms with Gasteiger partial charge in [-0.3, -0.25) is 0 Å². The van der Waals surface area contributed by atoms with Gasteiger partial charge in [0.2, 0.25) is 0 Å². The zero-order valence-corrected chi connectivity index (χ0v) is 15.7. The molecule has 1 aliphatic carbocycles. The van der Waals surface area contributed by atoms with Crippen molar-refractivity contribution in [3.8, 4) is 0 Å². The van der Waals surface area contributed by atoms with E-state index in [4.69, 9.17) is 14.2 Å². The minimum absolute atomic E-state index is 0.205. The first-order chi connectivity index (χ1) is 12.2. The second kappa shape index (κ2) is 6.67. The standard InChI is InChI=1S/C20H26O6/c1-6-10(2)18(22)24-15-13-12(4)19(23)25-16(13)17-20(5,26-17)9-7-8-11(3)14(15)21/h6,8,13-17,21H,4,7,9H2,1-3,5H3. The van der Waals surface area contributed by atoms with Crippen LogP contribution >= 0.6 is 0 Å². The van der Waals surface area contributed by atoms with E-state index in [1.165, 1.54) is 0 Å². The van der Waals surface area contributed by atoms with Gasteiger partial charge >= 0.3 is 11.9 Å². The molecule has 0 saturated carbocycles. The van der Waals surface area contributed by atoms with Gasteiger partial charge in [0, 0.05) is 11.1 Å². The number of epoxide rings is 1. The number of carbonyl (C=O) groups excluding carboxylic acids is 2. The van der Waals surface area contributed by atoms with Crippen LogP contribution in [0.5, 0.6) is 0 Å². The maximum absolute atomic E-state index is 12.4. The van der Waals surface area contributed by atoms with Gasteiger partial charge in [-0.05, 0) is 46.1 Å². The van der Waals surface area contributed by atoms with Gasteiger partial charge in [0.1, 0.15) is 24.4 Å². The Morgan fingerprint density at radius 3 is 2.85 bits per heavy atom. The normalized spacial score (nSPS) is 40.1. The summed E-state index contributed by atoms with van der Waals surface area (Å²) in [5, 5.41) is 10.9. The van der Waals surface area contributed by atoms with Crippen molar-refractivity contribution in [2.75, 3.05) is 0 Å². The van der Waals surface area contributed by atoms with E-state index in [1.807, 2.05) is 13.0 Å². The van der Waals surface area contributed by atoms with Crippen molar-refractivity contribution in [3.05, 3.63) is 35.5 Å². The van der Waals surface area contributed by atoms with E-state index in [2.05, 4.69) is 6.58 Å². The van der Waals surface area contributed by atoms with Crippen molar-refractivity contribution in [1.82, 2.24) is 0 Å². The quantitative estimate of drug-likeness (QED) is 0.351. The van der Waals surface area contributed by atoms with E-state index in [0.29, 0.717) is 11.1 Å². The Bertz CT molecular complexity index is 705. The van der Waals surface area contributed by atoms with Crippen molar-refractivity contribution in [3.63, 3.8) is 0 Å². The summed E-state index contributed by atoms with van der Waals surface area (Å²) in [4.78, 5) is 24.6. The van der Waals surface area contributed by atoms with Gasteiger partial charge in [-0.1, -0.05) is 18.7 Å². The molecule has 6 atom stereocenters. The molecule has 0 bridgehead atoms. The number of esters is 2. The number of aliphatic hydroxyl groups is 1. The topological polar surface area (TPSA) is 85.4 Å². The lowest BCUT2D eigenvalue weighted by Crippen LogP contribution is -2.45. The Labute approximate surface area is 153 Å². The molecule has 3 aliphatic rings. The van der Waals surface area contributed by atoms with Crippen LogP contribution in [0.15, 0.2) is 35.5 Å². The summed E-state index contributed by atoms with van der Waals surface area (Å²) in [7, 11) is 0. The van der Waals surface area contributed by atoms with Crippen LogP contribution < -0.4 is 0 Å². The SMILES string of the molecule is C=C1C(=O)OC2C1C(OC(=O)C(C)=CC)C(O)C(C)=CCCC1(C)OC21. The van der Waals surface area contributed by atoms with E-state index < -0.39 is 36.2 Å². The van der Waals surface area contributed by atoms with Gasteiger partial charge in [-0.25, -0.2) is 9.59 Å². The zero-order valence-electron chi connectivity index (χ0n) is 15.7. The number of hydrogen-bond acceptors (Lipinski definition) is 6. The molecule has 2 fully saturated rings. The van der Waals surface area contributed by atoms with Crippen LogP contribution in [0.25, 0.3) is 0 Å². The van der Waals surface area contributed by atoms with E-state index >= 15 is 0 Å². The van der Waals surface area contributed by atoms with Crippen molar-refractivity contribution >= 4 is 11.9 Å². The monoisotopic (exact) mass is 362 g/mol. The number of hydrogen-bond donors (Lipinski definition) is 1. The number of fused-ring (bicyclic) bond motifs is 3. The van der Waals surface area contributed by atoms with Crippen molar-refractivity contribution in [1.29, 1.82) is 0 Å². The van der Waals surface area contributed by atoms with Gasteiger partial charge in [0.15, 0.2) is 0 Å². The van der Waals surface area contributed by atoms with Crippen molar-refractivity contribution < 1.29 is 28.9 Å². The highest BCUT2D eigenvalue weighted by Gasteiger charge is 2.64. The molecule has 0 spiro atoms. The molecule has 0 amide bonds. The van der Waals surface area contributed by atoms with Gasteiger partial charge in [0.25, 0.3) is 0 Å². The Morgan fingerprint density at radius 2 is 2.19 bits per heavy atom. The smallest absolute Gasteiger partial charge is 0.334 e. The average Bonchev–Trinajstić information content (AvgIpc) is 3.19. The largest absolute Gasteiger partial charge is 0.455 e. The fourth-order valence-corrected chi connectivity index (χ4v) is 3.75. The molecule has 2 heterocycles. The molecule has 1 N–H and O–H groups in total. The molecule has 142 valence electrons. The molecule has 26 heavy (non-hydrogen) atoms. The fourth-order valence-electron chi connectivity index (χ4n) is 3.75. The highest BCUT2D eigenvalue weighted by Crippen LogP contribution is 2.50. The summed E-state index contributed by atoms with van der Waals surface area (Å²) >= 11 is 0. The van der Waals surface area contributed by atoms with E-state index in [-0.39, 0.29) is 17.3 Å². The lowest BCUT2D eigenvalue weighted by Gasteiger charge is -2.31. The molecule has 0 aromatic rings. The molecular formula is C20H26O6. The van der Waals surface area contributed by atoms with Gasteiger partial charge in [-0.15, -0.1) is 0 Å². The lowest BCUT2D eigenvalue weighted by atomic mass is 9.81. The summed E-state index contributed by atoms with van der Waals surface area (Å²) in [6.07, 6.45) is 2.12. The minimum atomic E-state index is -1.05. The Hall–Kier alpha value is -1.92. The Kier molecular flexibility index (Phi) is 4.84. The summed E-state index contributed by atoms with van der Waals surface area (Å²) in [5.74, 6) is -1.72. The van der Waals surface area contributed by atoms with Crippen LogP contribution in [0.3, 0.4) is 0 Å². The van der Waals surface area contributed by atoms with Crippen LogP contribution in [0, 0.1) is 5.92 Å². The van der Waals surface area contributed by atoms with E-state index in [9.17, 15) is 14.7 Å². The summed E-state index contributed by atoms with van der Waals surface area (Å²) in [6, 6.07) is 0. The molecule has 2 saturated heterocycles. The number of rotatable bonds is 2. The minimum Gasteiger partial charge on any atom is -0.455 e.